The number of carbonyl (C=O) groups is 2. The second-order valence-corrected chi connectivity index (χ2v) is 8.18. The molecule has 1 amide bonds. The summed E-state index contributed by atoms with van der Waals surface area (Å²) in [6.07, 6.45) is 5.73. The molecule has 0 saturated carbocycles. The van der Waals surface area contributed by atoms with Gasteiger partial charge in [0.15, 0.2) is 0 Å². The molecule has 0 bridgehead atoms. The molecule has 0 N–H and O–H groups in total. The van der Waals surface area contributed by atoms with Crippen LogP contribution in [0.4, 0.5) is 5.82 Å². The van der Waals surface area contributed by atoms with E-state index in [4.69, 9.17) is 16.3 Å². The number of halogens is 1. The van der Waals surface area contributed by atoms with Crippen LogP contribution >= 0.6 is 11.6 Å². The zero-order valence-corrected chi connectivity index (χ0v) is 19.2. The molecule has 1 aromatic carbocycles. The van der Waals surface area contributed by atoms with E-state index in [1.54, 1.807) is 30.1 Å². The van der Waals surface area contributed by atoms with E-state index in [0.717, 1.165) is 24.3 Å². The maximum atomic E-state index is 13.1. The highest BCUT2D eigenvalue weighted by atomic mass is 35.5. The summed E-state index contributed by atoms with van der Waals surface area (Å²) in [7, 11) is 0. The standard InChI is InChI=1S/C24H26ClN5O3/c1-2-33-24(32)18-8-9-22(26-14-18)28-10-5-11-29(13-12-28)23(31)20-15-27-30(17-20)16-19-6-3-4-7-21(19)25/h3-4,6-9,14-15,17H,2,5,10-13,16H2,1H3. The van der Waals surface area contributed by atoms with E-state index in [-0.39, 0.29) is 11.9 Å². The third-order valence-corrected chi connectivity index (χ3v) is 5.91. The third-order valence-electron chi connectivity index (χ3n) is 5.54. The van der Waals surface area contributed by atoms with Crippen LogP contribution < -0.4 is 4.90 Å². The molecule has 0 atom stereocenters. The fourth-order valence-corrected chi connectivity index (χ4v) is 4.00. The van der Waals surface area contributed by atoms with Crippen LogP contribution in [0.15, 0.2) is 55.0 Å². The molecule has 9 heteroatoms. The van der Waals surface area contributed by atoms with Gasteiger partial charge in [-0.25, -0.2) is 9.78 Å². The molecule has 1 aliphatic heterocycles. The number of nitrogens with zero attached hydrogens (tertiary/aromatic N) is 5. The number of pyridine rings is 1. The minimum Gasteiger partial charge on any atom is -0.462 e. The Balaban J connectivity index is 1.37. The predicted molar refractivity (Wildman–Crippen MR) is 126 cm³/mol. The van der Waals surface area contributed by atoms with E-state index in [0.29, 0.717) is 48.9 Å². The fraction of sp³-hybridized carbons (Fsp3) is 0.333. The fourth-order valence-electron chi connectivity index (χ4n) is 3.80. The van der Waals surface area contributed by atoms with Crippen LogP contribution in [-0.2, 0) is 11.3 Å². The molecule has 0 radical (unpaired) electrons. The lowest BCUT2D eigenvalue weighted by atomic mass is 10.2. The molecule has 3 heterocycles. The first-order valence-electron chi connectivity index (χ1n) is 11.0. The lowest BCUT2D eigenvalue weighted by Gasteiger charge is -2.22. The van der Waals surface area contributed by atoms with Crippen LogP contribution in [0, 0.1) is 0 Å². The van der Waals surface area contributed by atoms with Crippen LogP contribution in [0.2, 0.25) is 5.02 Å². The van der Waals surface area contributed by atoms with Gasteiger partial charge >= 0.3 is 5.97 Å². The van der Waals surface area contributed by atoms with Crippen molar-refractivity contribution < 1.29 is 14.3 Å². The molecular formula is C24H26ClN5O3. The van der Waals surface area contributed by atoms with Gasteiger partial charge in [-0.15, -0.1) is 0 Å². The third kappa shape index (κ3) is 5.51. The van der Waals surface area contributed by atoms with E-state index in [1.807, 2.05) is 35.2 Å². The number of rotatable bonds is 6. The maximum absolute atomic E-state index is 13.1. The summed E-state index contributed by atoms with van der Waals surface area (Å²) >= 11 is 6.24. The van der Waals surface area contributed by atoms with Gasteiger partial charge in [0, 0.05) is 43.6 Å². The van der Waals surface area contributed by atoms with Crippen molar-refractivity contribution in [1.82, 2.24) is 19.7 Å². The van der Waals surface area contributed by atoms with Gasteiger partial charge < -0.3 is 14.5 Å². The van der Waals surface area contributed by atoms with Crippen molar-refractivity contribution in [2.75, 3.05) is 37.7 Å². The molecule has 2 aromatic heterocycles. The van der Waals surface area contributed by atoms with Crippen molar-refractivity contribution >= 4 is 29.3 Å². The Kier molecular flexibility index (Phi) is 7.24. The smallest absolute Gasteiger partial charge is 0.339 e. The summed E-state index contributed by atoms with van der Waals surface area (Å²) in [6, 6.07) is 11.1. The number of aromatic nitrogens is 3. The van der Waals surface area contributed by atoms with Crippen LogP contribution in [0.5, 0.6) is 0 Å². The average Bonchev–Trinajstić information content (AvgIpc) is 3.15. The Morgan fingerprint density at radius 1 is 1.03 bits per heavy atom. The molecule has 1 fully saturated rings. The van der Waals surface area contributed by atoms with Crippen molar-refractivity contribution in [3.63, 3.8) is 0 Å². The predicted octanol–water partition coefficient (Wildman–Crippen LogP) is 3.51. The highest BCUT2D eigenvalue weighted by Gasteiger charge is 2.22. The van der Waals surface area contributed by atoms with Crippen LogP contribution in [0.1, 0.15) is 39.6 Å². The van der Waals surface area contributed by atoms with Gasteiger partial charge in [-0.05, 0) is 37.1 Å². The van der Waals surface area contributed by atoms with Crippen LogP contribution in [0.25, 0.3) is 0 Å². The monoisotopic (exact) mass is 467 g/mol. The number of hydrogen-bond acceptors (Lipinski definition) is 6. The Bertz CT molecular complexity index is 1120. The number of benzene rings is 1. The molecule has 8 nitrogen and oxygen atoms in total. The van der Waals surface area contributed by atoms with Gasteiger partial charge in [0.2, 0.25) is 0 Å². The van der Waals surface area contributed by atoms with Crippen LogP contribution in [-0.4, -0.2) is 64.3 Å². The summed E-state index contributed by atoms with van der Waals surface area (Å²) in [5.41, 5.74) is 1.95. The lowest BCUT2D eigenvalue weighted by Crippen LogP contribution is -2.35. The lowest BCUT2D eigenvalue weighted by molar-refractivity contribution is 0.0525. The molecular weight excluding hydrogens is 442 g/mol. The van der Waals surface area contributed by atoms with E-state index in [1.165, 1.54) is 6.20 Å². The molecule has 1 saturated heterocycles. The summed E-state index contributed by atoms with van der Waals surface area (Å²) in [5, 5.41) is 5.02. The Morgan fingerprint density at radius 2 is 1.88 bits per heavy atom. The summed E-state index contributed by atoms with van der Waals surface area (Å²) in [6.45, 7) is 5.28. The van der Waals surface area contributed by atoms with Gasteiger partial charge in [-0.2, -0.15) is 5.10 Å². The minimum absolute atomic E-state index is 0.0344. The normalized spacial score (nSPS) is 14.1. The number of carbonyl (C=O) groups excluding carboxylic acids is 2. The Labute approximate surface area is 197 Å². The second-order valence-electron chi connectivity index (χ2n) is 7.78. The molecule has 0 unspecified atom stereocenters. The molecule has 33 heavy (non-hydrogen) atoms. The van der Waals surface area contributed by atoms with Crippen molar-refractivity contribution in [2.24, 2.45) is 0 Å². The van der Waals surface area contributed by atoms with E-state index in [2.05, 4.69) is 15.0 Å². The van der Waals surface area contributed by atoms with Crippen molar-refractivity contribution in [3.8, 4) is 0 Å². The summed E-state index contributed by atoms with van der Waals surface area (Å²) in [5.74, 6) is 0.372. The van der Waals surface area contributed by atoms with E-state index in [9.17, 15) is 9.59 Å². The first-order valence-corrected chi connectivity index (χ1v) is 11.4. The molecule has 1 aliphatic rings. The summed E-state index contributed by atoms with van der Waals surface area (Å²) in [4.78, 5) is 33.3. The first kappa shape index (κ1) is 22.8. The van der Waals surface area contributed by atoms with E-state index < -0.39 is 0 Å². The summed E-state index contributed by atoms with van der Waals surface area (Å²) < 4.78 is 6.74. The Morgan fingerprint density at radius 3 is 2.64 bits per heavy atom. The van der Waals surface area contributed by atoms with Crippen molar-refractivity contribution in [1.29, 1.82) is 0 Å². The molecule has 172 valence electrons. The quantitative estimate of drug-likeness (QED) is 0.516. The van der Waals surface area contributed by atoms with Gasteiger partial charge in [-0.3, -0.25) is 9.48 Å². The number of esters is 1. The molecule has 4 rings (SSSR count). The van der Waals surface area contributed by atoms with Gasteiger partial charge in [0.25, 0.3) is 5.91 Å². The minimum atomic E-state index is -0.376. The van der Waals surface area contributed by atoms with E-state index >= 15 is 0 Å². The second kappa shape index (κ2) is 10.5. The largest absolute Gasteiger partial charge is 0.462 e. The Hall–Kier alpha value is -3.39. The van der Waals surface area contributed by atoms with Gasteiger partial charge in [0.1, 0.15) is 5.82 Å². The zero-order valence-electron chi connectivity index (χ0n) is 18.5. The number of hydrogen-bond donors (Lipinski definition) is 0. The number of amides is 1. The van der Waals surface area contributed by atoms with Gasteiger partial charge in [-0.1, -0.05) is 29.8 Å². The zero-order chi connectivity index (χ0) is 23.2. The highest BCUT2D eigenvalue weighted by Crippen LogP contribution is 2.18. The number of anilines is 1. The first-order chi connectivity index (χ1) is 16.0. The SMILES string of the molecule is CCOC(=O)c1ccc(N2CCCN(C(=O)c3cnn(Cc4ccccc4Cl)c3)CC2)nc1. The topological polar surface area (TPSA) is 80.6 Å². The maximum Gasteiger partial charge on any atom is 0.339 e. The molecule has 0 spiro atoms. The molecule has 3 aromatic rings. The van der Waals surface area contributed by atoms with Crippen molar-refractivity contribution in [3.05, 3.63) is 76.7 Å². The van der Waals surface area contributed by atoms with Gasteiger partial charge in [0.05, 0.1) is 30.5 Å². The average molecular weight is 468 g/mol. The highest BCUT2D eigenvalue weighted by molar-refractivity contribution is 6.31. The number of ether oxygens (including phenoxy) is 1. The molecule has 0 aliphatic carbocycles. The van der Waals surface area contributed by atoms with Crippen molar-refractivity contribution in [2.45, 2.75) is 19.9 Å². The van der Waals surface area contributed by atoms with Crippen LogP contribution in [0.3, 0.4) is 0 Å².